The Morgan fingerprint density at radius 2 is 2.29 bits per heavy atom. The van der Waals surface area contributed by atoms with Crippen molar-refractivity contribution in [3.8, 4) is 0 Å². The summed E-state index contributed by atoms with van der Waals surface area (Å²) in [5.41, 5.74) is 0.182. The van der Waals surface area contributed by atoms with Gasteiger partial charge in [0.1, 0.15) is 0 Å². The first kappa shape index (κ1) is 15.7. The van der Waals surface area contributed by atoms with E-state index < -0.39 is 4.92 Å². The molecule has 6 nitrogen and oxygen atoms in total. The van der Waals surface area contributed by atoms with Gasteiger partial charge in [0.15, 0.2) is 0 Å². The maximum absolute atomic E-state index is 12.1. The number of nitrogens with zero attached hydrogens (tertiary/aromatic N) is 2. The number of non-ortho nitro benzene ring substituents is 1. The second-order valence-electron chi connectivity index (χ2n) is 5.28. The standard InChI is InChI=1S/C14H18ClN3O3/c1-10-4-2-3-7-17(10)9-14(19)16-13-8-11(18(20)21)5-6-12(13)15/h5-6,8,10H,2-4,7,9H2,1H3,(H,16,19). The number of piperidine rings is 1. The Bertz CT molecular complexity index is 550. The molecule has 7 heteroatoms. The molecule has 1 atom stereocenters. The highest BCUT2D eigenvalue weighted by molar-refractivity contribution is 6.33. The first-order chi connectivity index (χ1) is 9.97. The smallest absolute Gasteiger partial charge is 0.271 e. The fraction of sp³-hybridized carbons (Fsp3) is 0.500. The van der Waals surface area contributed by atoms with E-state index in [1.54, 1.807) is 0 Å². The summed E-state index contributed by atoms with van der Waals surface area (Å²) in [6, 6.07) is 4.38. The third-order valence-electron chi connectivity index (χ3n) is 3.72. The Balaban J connectivity index is 2.02. The van der Waals surface area contributed by atoms with E-state index in [4.69, 9.17) is 11.6 Å². The van der Waals surface area contributed by atoms with Crippen molar-refractivity contribution in [2.24, 2.45) is 0 Å². The molecule has 1 aliphatic rings. The Morgan fingerprint density at radius 1 is 1.52 bits per heavy atom. The molecule has 1 aromatic carbocycles. The molecule has 0 radical (unpaired) electrons. The predicted molar refractivity (Wildman–Crippen MR) is 81.6 cm³/mol. The van der Waals surface area contributed by atoms with Crippen LogP contribution in [0.2, 0.25) is 5.02 Å². The lowest BCUT2D eigenvalue weighted by molar-refractivity contribution is -0.384. The number of hydrogen-bond donors (Lipinski definition) is 1. The number of carbonyl (C=O) groups is 1. The highest BCUT2D eigenvalue weighted by atomic mass is 35.5. The number of halogens is 1. The zero-order chi connectivity index (χ0) is 15.4. The number of nitro groups is 1. The molecule has 1 amide bonds. The lowest BCUT2D eigenvalue weighted by atomic mass is 10.0. The molecule has 21 heavy (non-hydrogen) atoms. The van der Waals surface area contributed by atoms with Crippen LogP contribution in [-0.4, -0.2) is 34.9 Å². The van der Waals surface area contributed by atoms with Gasteiger partial charge in [0, 0.05) is 18.2 Å². The van der Waals surface area contributed by atoms with E-state index >= 15 is 0 Å². The molecule has 0 aliphatic carbocycles. The summed E-state index contributed by atoms with van der Waals surface area (Å²) in [5.74, 6) is -0.203. The van der Waals surface area contributed by atoms with Crippen molar-refractivity contribution in [2.75, 3.05) is 18.4 Å². The van der Waals surface area contributed by atoms with E-state index in [2.05, 4.69) is 17.1 Å². The summed E-state index contributed by atoms with van der Waals surface area (Å²) in [7, 11) is 0. The average Bonchev–Trinajstić information content (AvgIpc) is 2.43. The van der Waals surface area contributed by atoms with Gasteiger partial charge in [-0.05, 0) is 32.4 Å². The topological polar surface area (TPSA) is 75.5 Å². The van der Waals surface area contributed by atoms with E-state index in [-0.39, 0.29) is 23.8 Å². The van der Waals surface area contributed by atoms with E-state index in [0.717, 1.165) is 19.4 Å². The van der Waals surface area contributed by atoms with Crippen molar-refractivity contribution < 1.29 is 9.72 Å². The van der Waals surface area contributed by atoms with Crippen molar-refractivity contribution in [2.45, 2.75) is 32.2 Å². The van der Waals surface area contributed by atoms with Gasteiger partial charge >= 0.3 is 0 Å². The number of anilines is 1. The minimum atomic E-state index is -0.515. The number of likely N-dealkylation sites (tertiary alicyclic amines) is 1. The Morgan fingerprint density at radius 3 is 2.95 bits per heavy atom. The number of carbonyl (C=O) groups excluding carboxylic acids is 1. The van der Waals surface area contributed by atoms with Crippen LogP contribution >= 0.6 is 11.6 Å². The van der Waals surface area contributed by atoms with E-state index in [1.807, 2.05) is 0 Å². The van der Waals surface area contributed by atoms with Crippen LogP contribution in [0.1, 0.15) is 26.2 Å². The number of benzene rings is 1. The van der Waals surface area contributed by atoms with Crippen LogP contribution in [0.15, 0.2) is 18.2 Å². The van der Waals surface area contributed by atoms with Gasteiger partial charge in [-0.2, -0.15) is 0 Å². The van der Waals surface area contributed by atoms with Crippen LogP contribution in [0.5, 0.6) is 0 Å². The van der Waals surface area contributed by atoms with Crippen molar-refractivity contribution in [3.05, 3.63) is 33.3 Å². The summed E-state index contributed by atoms with van der Waals surface area (Å²) in [4.78, 5) is 24.4. The van der Waals surface area contributed by atoms with Crippen molar-refractivity contribution >= 4 is 28.9 Å². The summed E-state index contributed by atoms with van der Waals surface area (Å²) in [6.45, 7) is 3.28. The molecular weight excluding hydrogens is 294 g/mol. The highest BCUT2D eigenvalue weighted by Crippen LogP contribution is 2.26. The molecule has 1 saturated heterocycles. The number of rotatable bonds is 4. The molecule has 1 N–H and O–H groups in total. The normalized spacial score (nSPS) is 19.2. The first-order valence-electron chi connectivity index (χ1n) is 6.95. The molecule has 1 aliphatic heterocycles. The highest BCUT2D eigenvalue weighted by Gasteiger charge is 2.21. The molecule has 1 fully saturated rings. The molecule has 2 rings (SSSR count). The zero-order valence-corrected chi connectivity index (χ0v) is 12.6. The predicted octanol–water partition coefficient (Wildman–Crippen LogP) is 3.06. The van der Waals surface area contributed by atoms with Gasteiger partial charge in [-0.15, -0.1) is 0 Å². The molecule has 0 saturated carbocycles. The third kappa shape index (κ3) is 4.15. The second kappa shape index (κ2) is 6.87. The molecule has 0 spiro atoms. The van der Waals surface area contributed by atoms with Gasteiger partial charge in [0.05, 0.1) is 22.2 Å². The fourth-order valence-electron chi connectivity index (χ4n) is 2.49. The van der Waals surface area contributed by atoms with E-state index in [1.165, 1.54) is 24.6 Å². The monoisotopic (exact) mass is 311 g/mol. The minimum absolute atomic E-state index is 0.0963. The van der Waals surface area contributed by atoms with Gasteiger partial charge in [0.25, 0.3) is 5.69 Å². The maximum Gasteiger partial charge on any atom is 0.271 e. The summed E-state index contributed by atoms with van der Waals surface area (Å²) < 4.78 is 0. The number of nitro benzene ring substituents is 1. The molecule has 1 aromatic rings. The average molecular weight is 312 g/mol. The van der Waals surface area contributed by atoms with Crippen molar-refractivity contribution in [1.29, 1.82) is 0 Å². The number of amides is 1. The molecule has 1 unspecified atom stereocenters. The largest absolute Gasteiger partial charge is 0.323 e. The quantitative estimate of drug-likeness (QED) is 0.685. The van der Waals surface area contributed by atoms with Crippen LogP contribution in [0, 0.1) is 10.1 Å². The van der Waals surface area contributed by atoms with Crippen LogP contribution in [0.4, 0.5) is 11.4 Å². The number of nitrogens with one attached hydrogen (secondary N) is 1. The first-order valence-corrected chi connectivity index (χ1v) is 7.33. The van der Waals surface area contributed by atoms with Gasteiger partial charge in [-0.3, -0.25) is 19.8 Å². The van der Waals surface area contributed by atoms with Gasteiger partial charge in [0.2, 0.25) is 5.91 Å². The molecule has 1 heterocycles. The van der Waals surface area contributed by atoms with Crippen LogP contribution in [0.25, 0.3) is 0 Å². The van der Waals surface area contributed by atoms with Crippen LogP contribution < -0.4 is 5.32 Å². The zero-order valence-electron chi connectivity index (χ0n) is 11.8. The molecule has 114 valence electrons. The Labute approximate surface area is 128 Å². The summed E-state index contributed by atoms with van der Waals surface area (Å²) in [6.07, 6.45) is 3.37. The van der Waals surface area contributed by atoms with Crippen LogP contribution in [0.3, 0.4) is 0 Å². The van der Waals surface area contributed by atoms with E-state index in [0.29, 0.717) is 11.1 Å². The lowest BCUT2D eigenvalue weighted by Crippen LogP contribution is -2.42. The second-order valence-corrected chi connectivity index (χ2v) is 5.69. The maximum atomic E-state index is 12.1. The Kier molecular flexibility index (Phi) is 5.14. The summed E-state index contributed by atoms with van der Waals surface area (Å²) >= 11 is 5.97. The van der Waals surface area contributed by atoms with Gasteiger partial charge < -0.3 is 5.32 Å². The van der Waals surface area contributed by atoms with E-state index in [9.17, 15) is 14.9 Å². The molecular formula is C14H18ClN3O3. The van der Waals surface area contributed by atoms with Gasteiger partial charge in [-0.1, -0.05) is 18.0 Å². The fourth-order valence-corrected chi connectivity index (χ4v) is 2.65. The van der Waals surface area contributed by atoms with Crippen molar-refractivity contribution in [1.82, 2.24) is 4.90 Å². The summed E-state index contributed by atoms with van der Waals surface area (Å²) in [5, 5.41) is 13.7. The number of hydrogen-bond acceptors (Lipinski definition) is 4. The van der Waals surface area contributed by atoms with Gasteiger partial charge in [-0.25, -0.2) is 0 Å². The Hall–Kier alpha value is -1.66. The van der Waals surface area contributed by atoms with Crippen LogP contribution in [-0.2, 0) is 4.79 Å². The lowest BCUT2D eigenvalue weighted by Gasteiger charge is -2.32. The molecule has 0 aromatic heterocycles. The third-order valence-corrected chi connectivity index (χ3v) is 4.05. The molecule has 0 bridgehead atoms. The minimum Gasteiger partial charge on any atom is -0.323 e. The SMILES string of the molecule is CC1CCCCN1CC(=O)Nc1cc([N+](=O)[O-])ccc1Cl. The van der Waals surface area contributed by atoms with Crippen molar-refractivity contribution in [3.63, 3.8) is 0 Å².